The summed E-state index contributed by atoms with van der Waals surface area (Å²) in [5, 5.41) is 1.05. The quantitative estimate of drug-likeness (QED) is 0.860. The molecule has 2 aliphatic rings. The highest BCUT2D eigenvalue weighted by Crippen LogP contribution is 2.39. The van der Waals surface area contributed by atoms with Crippen LogP contribution < -0.4 is 0 Å². The molecule has 0 saturated carbocycles. The van der Waals surface area contributed by atoms with Gasteiger partial charge in [-0.1, -0.05) is 18.2 Å². The van der Waals surface area contributed by atoms with Gasteiger partial charge in [0.2, 0.25) is 0 Å². The SMILES string of the molecule is COCC1CCN(C)C2(C1)CN(C(=O)c1cn(C)c3ccccc13)C2. The van der Waals surface area contributed by atoms with E-state index in [1.165, 1.54) is 6.42 Å². The number of likely N-dealkylation sites (tertiary alicyclic amines) is 2. The van der Waals surface area contributed by atoms with Crippen LogP contribution in [0.25, 0.3) is 10.9 Å². The van der Waals surface area contributed by atoms with Crippen LogP contribution in [0.5, 0.6) is 0 Å². The molecule has 2 fully saturated rings. The normalized spacial score (nSPS) is 23.2. The summed E-state index contributed by atoms with van der Waals surface area (Å²) >= 11 is 0. The maximum Gasteiger partial charge on any atom is 0.256 e. The van der Waals surface area contributed by atoms with Crippen molar-refractivity contribution >= 4 is 16.8 Å². The maximum atomic E-state index is 13.1. The van der Waals surface area contributed by atoms with Crippen molar-refractivity contribution in [2.75, 3.05) is 40.4 Å². The Kier molecular flexibility index (Phi) is 4.08. The Bertz CT molecular complexity index is 791. The summed E-state index contributed by atoms with van der Waals surface area (Å²) in [6, 6.07) is 8.12. The smallest absolute Gasteiger partial charge is 0.256 e. The molecule has 3 heterocycles. The zero-order chi connectivity index (χ0) is 17.6. The fourth-order valence-corrected chi connectivity index (χ4v) is 4.65. The number of ether oxygens (including phenoxy) is 1. The van der Waals surface area contributed by atoms with Gasteiger partial charge in [0.1, 0.15) is 0 Å². The van der Waals surface area contributed by atoms with Gasteiger partial charge in [0, 0.05) is 51.0 Å². The molecule has 0 radical (unpaired) electrons. The Morgan fingerprint density at radius 3 is 2.80 bits per heavy atom. The number of amides is 1. The van der Waals surface area contributed by atoms with Gasteiger partial charge in [-0.2, -0.15) is 0 Å². The number of piperidine rings is 1. The van der Waals surface area contributed by atoms with Gasteiger partial charge in [-0.3, -0.25) is 9.69 Å². The molecule has 2 aliphatic heterocycles. The lowest BCUT2D eigenvalue weighted by atomic mass is 9.75. The van der Waals surface area contributed by atoms with Crippen molar-refractivity contribution in [1.29, 1.82) is 0 Å². The predicted octanol–water partition coefficient (Wildman–Crippen LogP) is 2.36. The van der Waals surface area contributed by atoms with Gasteiger partial charge in [0.15, 0.2) is 0 Å². The molecule has 0 aliphatic carbocycles. The zero-order valence-corrected chi connectivity index (χ0v) is 15.4. The molecule has 1 atom stereocenters. The second-order valence-electron chi connectivity index (χ2n) is 7.79. The van der Waals surface area contributed by atoms with E-state index < -0.39 is 0 Å². The topological polar surface area (TPSA) is 37.7 Å². The van der Waals surface area contributed by atoms with Gasteiger partial charge in [-0.25, -0.2) is 0 Å². The fraction of sp³-hybridized carbons (Fsp3) is 0.550. The Balaban J connectivity index is 1.52. The number of aryl methyl sites for hydroxylation is 1. The average Bonchev–Trinajstić information content (AvgIpc) is 2.92. The number of hydrogen-bond donors (Lipinski definition) is 0. The molecule has 1 amide bonds. The molecular formula is C20H27N3O2. The number of benzene rings is 1. The minimum Gasteiger partial charge on any atom is -0.384 e. The van der Waals surface area contributed by atoms with Crippen LogP contribution in [0.15, 0.2) is 30.5 Å². The minimum atomic E-state index is 0.141. The molecule has 2 aromatic rings. The third-order valence-electron chi connectivity index (χ3n) is 6.14. The van der Waals surface area contributed by atoms with E-state index in [1.54, 1.807) is 7.11 Å². The summed E-state index contributed by atoms with van der Waals surface area (Å²) < 4.78 is 7.41. The first kappa shape index (κ1) is 16.6. The molecule has 1 unspecified atom stereocenters. The molecular weight excluding hydrogens is 314 g/mol. The monoisotopic (exact) mass is 341 g/mol. The van der Waals surface area contributed by atoms with Crippen molar-refractivity contribution < 1.29 is 9.53 Å². The van der Waals surface area contributed by atoms with Crippen molar-refractivity contribution in [3.05, 3.63) is 36.0 Å². The standard InChI is InChI=1S/C20H27N3O2/c1-21-11-17(16-6-4-5-7-18(16)21)19(24)23-13-20(14-23)10-15(12-25-3)8-9-22(20)2/h4-7,11,15H,8-10,12-14H2,1-3H3. The number of methoxy groups -OCH3 is 1. The van der Waals surface area contributed by atoms with Crippen molar-refractivity contribution in [2.24, 2.45) is 13.0 Å². The molecule has 1 spiro atoms. The Labute approximate surface area is 149 Å². The summed E-state index contributed by atoms with van der Waals surface area (Å²) in [4.78, 5) is 17.5. The summed E-state index contributed by atoms with van der Waals surface area (Å²) in [5.74, 6) is 0.765. The van der Waals surface area contributed by atoms with E-state index in [9.17, 15) is 4.79 Å². The van der Waals surface area contributed by atoms with E-state index in [2.05, 4.69) is 18.0 Å². The molecule has 2 saturated heterocycles. The van der Waals surface area contributed by atoms with Gasteiger partial charge in [0.05, 0.1) is 11.1 Å². The van der Waals surface area contributed by atoms with E-state index in [-0.39, 0.29) is 11.4 Å². The molecule has 25 heavy (non-hydrogen) atoms. The molecule has 1 aromatic carbocycles. The first-order valence-electron chi connectivity index (χ1n) is 9.07. The van der Waals surface area contributed by atoms with Crippen LogP contribution in [0, 0.1) is 5.92 Å². The number of carbonyl (C=O) groups excluding carboxylic acids is 1. The lowest BCUT2D eigenvalue weighted by molar-refractivity contribution is -0.0730. The van der Waals surface area contributed by atoms with Crippen LogP contribution in [-0.4, -0.2) is 66.2 Å². The van der Waals surface area contributed by atoms with E-state index in [0.29, 0.717) is 5.92 Å². The van der Waals surface area contributed by atoms with Crippen LogP contribution in [0.4, 0.5) is 0 Å². The summed E-state index contributed by atoms with van der Waals surface area (Å²) in [6.45, 7) is 3.56. The van der Waals surface area contributed by atoms with Crippen LogP contribution in [0.2, 0.25) is 0 Å². The minimum absolute atomic E-state index is 0.141. The van der Waals surface area contributed by atoms with Gasteiger partial charge < -0.3 is 14.2 Å². The lowest BCUT2D eigenvalue weighted by Gasteiger charge is -2.58. The molecule has 5 heteroatoms. The number of aromatic nitrogens is 1. The largest absolute Gasteiger partial charge is 0.384 e. The van der Waals surface area contributed by atoms with Gasteiger partial charge in [0.25, 0.3) is 5.91 Å². The molecule has 0 bridgehead atoms. The van der Waals surface area contributed by atoms with Gasteiger partial charge in [-0.05, 0) is 38.4 Å². The second-order valence-corrected chi connectivity index (χ2v) is 7.79. The van der Waals surface area contributed by atoms with Crippen molar-refractivity contribution in [1.82, 2.24) is 14.4 Å². The molecule has 0 N–H and O–H groups in total. The Morgan fingerprint density at radius 1 is 1.28 bits per heavy atom. The van der Waals surface area contributed by atoms with E-state index >= 15 is 0 Å². The predicted molar refractivity (Wildman–Crippen MR) is 98.8 cm³/mol. The van der Waals surface area contributed by atoms with Gasteiger partial charge in [-0.15, -0.1) is 0 Å². The Morgan fingerprint density at radius 2 is 2.04 bits per heavy atom. The third kappa shape index (κ3) is 2.66. The lowest BCUT2D eigenvalue weighted by Crippen LogP contribution is -2.72. The maximum absolute atomic E-state index is 13.1. The number of para-hydroxylation sites is 1. The number of rotatable bonds is 3. The van der Waals surface area contributed by atoms with Crippen LogP contribution in [0.3, 0.4) is 0 Å². The number of nitrogens with zero attached hydrogens (tertiary/aromatic N) is 3. The van der Waals surface area contributed by atoms with Crippen LogP contribution in [0.1, 0.15) is 23.2 Å². The number of hydrogen-bond acceptors (Lipinski definition) is 3. The fourth-order valence-electron chi connectivity index (χ4n) is 4.65. The second kappa shape index (κ2) is 6.15. The molecule has 5 nitrogen and oxygen atoms in total. The third-order valence-corrected chi connectivity index (χ3v) is 6.14. The Hall–Kier alpha value is -1.85. The highest BCUT2D eigenvalue weighted by molar-refractivity contribution is 6.07. The van der Waals surface area contributed by atoms with Crippen LogP contribution in [-0.2, 0) is 11.8 Å². The number of carbonyl (C=O) groups is 1. The van der Waals surface area contributed by atoms with E-state index in [4.69, 9.17) is 4.74 Å². The molecule has 134 valence electrons. The van der Waals surface area contributed by atoms with Crippen molar-refractivity contribution in [3.63, 3.8) is 0 Å². The van der Waals surface area contributed by atoms with Gasteiger partial charge >= 0.3 is 0 Å². The van der Waals surface area contributed by atoms with E-state index in [0.717, 1.165) is 49.1 Å². The summed E-state index contributed by atoms with van der Waals surface area (Å²) in [7, 11) is 5.98. The highest BCUT2D eigenvalue weighted by Gasteiger charge is 2.51. The summed E-state index contributed by atoms with van der Waals surface area (Å²) in [6.07, 6.45) is 4.27. The first-order chi connectivity index (χ1) is 12.0. The summed E-state index contributed by atoms with van der Waals surface area (Å²) in [5.41, 5.74) is 2.07. The number of likely N-dealkylation sites (N-methyl/N-ethyl adjacent to an activating group) is 1. The van der Waals surface area contributed by atoms with E-state index in [1.807, 2.05) is 40.9 Å². The van der Waals surface area contributed by atoms with Crippen LogP contribution >= 0.6 is 0 Å². The molecule has 1 aromatic heterocycles. The number of fused-ring (bicyclic) bond motifs is 1. The average molecular weight is 341 g/mol. The molecule has 4 rings (SSSR count). The first-order valence-corrected chi connectivity index (χ1v) is 9.07. The zero-order valence-electron chi connectivity index (χ0n) is 15.4. The van der Waals surface area contributed by atoms with Crippen molar-refractivity contribution in [2.45, 2.75) is 18.4 Å². The highest BCUT2D eigenvalue weighted by atomic mass is 16.5. The van der Waals surface area contributed by atoms with Crippen molar-refractivity contribution in [3.8, 4) is 0 Å².